The van der Waals surface area contributed by atoms with E-state index in [1.807, 2.05) is 0 Å². The van der Waals surface area contributed by atoms with Crippen LogP contribution in [0, 0.1) is 5.82 Å². The zero-order chi connectivity index (χ0) is 11.6. The van der Waals surface area contributed by atoms with Crippen molar-refractivity contribution < 1.29 is 23.8 Å². The number of carboxylic acid groups (broad SMARTS) is 1. The molecule has 0 aliphatic rings. The van der Waals surface area contributed by atoms with E-state index in [0.29, 0.717) is 0 Å². The summed E-state index contributed by atoms with van der Waals surface area (Å²) in [6.45, 7) is 0. The van der Waals surface area contributed by atoms with Gasteiger partial charge in [0.25, 0.3) is 0 Å². The van der Waals surface area contributed by atoms with Crippen molar-refractivity contribution in [2.45, 2.75) is 12.3 Å². The van der Waals surface area contributed by atoms with E-state index in [2.05, 4.69) is 15.9 Å². The van der Waals surface area contributed by atoms with Crippen LogP contribution in [0.1, 0.15) is 11.7 Å². The van der Waals surface area contributed by atoms with Crippen molar-refractivity contribution in [2.24, 2.45) is 0 Å². The van der Waals surface area contributed by atoms with E-state index in [4.69, 9.17) is 5.11 Å². The minimum Gasteiger partial charge on any atom is -0.479 e. The Hall–Kier alpha value is -1.01. The second kappa shape index (κ2) is 4.67. The summed E-state index contributed by atoms with van der Waals surface area (Å²) in [6, 6.07) is 3.39. The summed E-state index contributed by atoms with van der Waals surface area (Å²) in [4.78, 5) is 10.2. The number of aliphatic hydroxyl groups excluding tert-OH is 1. The summed E-state index contributed by atoms with van der Waals surface area (Å²) in [5.74, 6) is -2.48. The second-order valence-corrected chi connectivity index (χ2v) is 3.71. The molecule has 0 radical (unpaired) electrons. The Labute approximate surface area is 92.5 Å². The van der Waals surface area contributed by atoms with Crippen molar-refractivity contribution in [1.82, 2.24) is 0 Å². The van der Waals surface area contributed by atoms with Crippen molar-refractivity contribution in [3.05, 3.63) is 34.1 Å². The third kappa shape index (κ3) is 2.73. The van der Waals surface area contributed by atoms with Gasteiger partial charge in [-0.2, -0.15) is 0 Å². The number of benzene rings is 1. The predicted molar refractivity (Wildman–Crippen MR) is 51.6 cm³/mol. The number of aliphatic hydroxyl groups is 1. The normalized spacial score (nSPS) is 14.7. The highest BCUT2D eigenvalue weighted by Crippen LogP contribution is 2.24. The standard InChI is InChI=1S/C9H7BrF2O3/c10-5-2-1-4(3-6(5)11)8(13)7(12)9(14)15/h1-3,7-8,13H,(H,14,15). The number of carboxylic acids is 1. The van der Waals surface area contributed by atoms with Crippen molar-refractivity contribution in [3.8, 4) is 0 Å². The SMILES string of the molecule is O=C(O)C(F)C(O)c1ccc(Br)c(F)c1. The zero-order valence-corrected chi connectivity index (χ0v) is 8.91. The van der Waals surface area contributed by atoms with Gasteiger partial charge in [-0.1, -0.05) is 6.07 Å². The van der Waals surface area contributed by atoms with Crippen molar-refractivity contribution in [3.63, 3.8) is 0 Å². The maximum absolute atomic E-state index is 13.0. The van der Waals surface area contributed by atoms with Gasteiger partial charge in [-0.25, -0.2) is 13.6 Å². The van der Waals surface area contributed by atoms with Gasteiger partial charge in [-0.05, 0) is 33.6 Å². The summed E-state index contributed by atoms with van der Waals surface area (Å²) in [7, 11) is 0. The van der Waals surface area contributed by atoms with E-state index < -0.39 is 24.1 Å². The van der Waals surface area contributed by atoms with Gasteiger partial charge in [0, 0.05) is 0 Å². The fraction of sp³-hybridized carbons (Fsp3) is 0.222. The molecular formula is C9H7BrF2O3. The van der Waals surface area contributed by atoms with Crippen molar-refractivity contribution in [1.29, 1.82) is 0 Å². The Morgan fingerprint density at radius 2 is 2.07 bits per heavy atom. The Morgan fingerprint density at radius 1 is 1.47 bits per heavy atom. The molecular weight excluding hydrogens is 274 g/mol. The molecule has 2 N–H and O–H groups in total. The largest absolute Gasteiger partial charge is 0.479 e. The highest BCUT2D eigenvalue weighted by molar-refractivity contribution is 9.10. The van der Waals surface area contributed by atoms with Crippen LogP contribution < -0.4 is 0 Å². The first-order valence-electron chi connectivity index (χ1n) is 3.93. The van der Waals surface area contributed by atoms with Gasteiger partial charge in [0.15, 0.2) is 0 Å². The topological polar surface area (TPSA) is 57.5 Å². The van der Waals surface area contributed by atoms with Gasteiger partial charge in [-0.3, -0.25) is 0 Å². The Balaban J connectivity index is 2.96. The summed E-state index contributed by atoms with van der Waals surface area (Å²) >= 11 is 2.88. The highest BCUT2D eigenvalue weighted by atomic mass is 79.9. The second-order valence-electron chi connectivity index (χ2n) is 2.86. The van der Waals surface area contributed by atoms with Gasteiger partial charge in [0.1, 0.15) is 11.9 Å². The Morgan fingerprint density at radius 3 is 2.53 bits per heavy atom. The van der Waals surface area contributed by atoms with Crippen LogP contribution in [0.25, 0.3) is 0 Å². The Bertz CT molecular complexity index is 384. The molecule has 6 heteroatoms. The molecule has 1 aromatic rings. The average Bonchev–Trinajstić information content (AvgIpc) is 2.19. The molecule has 0 spiro atoms. The number of hydrogen-bond acceptors (Lipinski definition) is 2. The van der Waals surface area contributed by atoms with E-state index in [1.54, 1.807) is 0 Å². The number of carbonyl (C=O) groups is 1. The highest BCUT2D eigenvalue weighted by Gasteiger charge is 2.27. The van der Waals surface area contributed by atoms with Gasteiger partial charge in [0.05, 0.1) is 4.47 Å². The molecule has 0 heterocycles. The zero-order valence-electron chi connectivity index (χ0n) is 7.32. The first-order valence-corrected chi connectivity index (χ1v) is 4.72. The van der Waals surface area contributed by atoms with E-state index >= 15 is 0 Å². The smallest absolute Gasteiger partial charge is 0.341 e. The molecule has 0 aromatic heterocycles. The van der Waals surface area contributed by atoms with Gasteiger partial charge in [-0.15, -0.1) is 0 Å². The van der Waals surface area contributed by atoms with Crippen LogP contribution in [0.15, 0.2) is 22.7 Å². The molecule has 0 aliphatic carbocycles. The number of hydrogen-bond donors (Lipinski definition) is 2. The molecule has 15 heavy (non-hydrogen) atoms. The molecule has 0 saturated carbocycles. The molecule has 2 unspecified atom stereocenters. The van der Waals surface area contributed by atoms with E-state index in [9.17, 15) is 18.7 Å². The summed E-state index contributed by atoms with van der Waals surface area (Å²) in [5.41, 5.74) is -0.120. The average molecular weight is 281 g/mol. The molecule has 0 amide bonds. The molecule has 3 nitrogen and oxygen atoms in total. The number of rotatable bonds is 3. The van der Waals surface area contributed by atoms with Crippen LogP contribution in [0.4, 0.5) is 8.78 Å². The van der Waals surface area contributed by atoms with Crippen LogP contribution in [0.5, 0.6) is 0 Å². The summed E-state index contributed by atoms with van der Waals surface area (Å²) in [5, 5.41) is 17.5. The molecule has 2 atom stereocenters. The molecule has 0 fully saturated rings. The lowest BCUT2D eigenvalue weighted by Gasteiger charge is -2.12. The maximum Gasteiger partial charge on any atom is 0.341 e. The lowest BCUT2D eigenvalue weighted by Crippen LogP contribution is -2.23. The predicted octanol–water partition coefficient (Wildman–Crippen LogP) is 2.04. The molecule has 82 valence electrons. The van der Waals surface area contributed by atoms with Gasteiger partial charge < -0.3 is 10.2 Å². The summed E-state index contributed by atoms with van der Waals surface area (Å²) in [6.07, 6.45) is -4.34. The van der Waals surface area contributed by atoms with Crippen LogP contribution in [0.2, 0.25) is 0 Å². The lowest BCUT2D eigenvalue weighted by molar-refractivity contribution is -0.147. The van der Waals surface area contributed by atoms with E-state index in [1.165, 1.54) is 12.1 Å². The van der Waals surface area contributed by atoms with E-state index in [-0.39, 0.29) is 10.0 Å². The first kappa shape index (κ1) is 12.1. The molecule has 0 bridgehead atoms. The van der Waals surface area contributed by atoms with E-state index in [0.717, 1.165) is 6.07 Å². The molecule has 1 rings (SSSR count). The monoisotopic (exact) mass is 280 g/mol. The van der Waals surface area contributed by atoms with Crippen molar-refractivity contribution in [2.75, 3.05) is 0 Å². The number of aliphatic carboxylic acids is 1. The fourth-order valence-corrected chi connectivity index (χ4v) is 1.25. The van der Waals surface area contributed by atoms with Crippen LogP contribution in [-0.2, 0) is 4.79 Å². The fourth-order valence-electron chi connectivity index (χ4n) is 1.00. The molecule has 0 saturated heterocycles. The number of halogens is 3. The summed E-state index contributed by atoms with van der Waals surface area (Å²) < 4.78 is 26.0. The third-order valence-corrected chi connectivity index (χ3v) is 2.44. The quantitative estimate of drug-likeness (QED) is 0.891. The van der Waals surface area contributed by atoms with Crippen LogP contribution in [-0.4, -0.2) is 22.4 Å². The van der Waals surface area contributed by atoms with Crippen molar-refractivity contribution >= 4 is 21.9 Å². The minimum absolute atomic E-state index is 0.120. The van der Waals surface area contributed by atoms with Gasteiger partial charge >= 0.3 is 5.97 Å². The maximum atomic E-state index is 13.0. The first-order chi connectivity index (χ1) is 6.93. The van der Waals surface area contributed by atoms with Crippen LogP contribution >= 0.6 is 15.9 Å². The van der Waals surface area contributed by atoms with Gasteiger partial charge in [0.2, 0.25) is 6.17 Å². The third-order valence-electron chi connectivity index (χ3n) is 1.80. The molecule has 0 aliphatic heterocycles. The lowest BCUT2D eigenvalue weighted by atomic mass is 10.1. The minimum atomic E-state index is -2.47. The Kier molecular flexibility index (Phi) is 3.76. The number of alkyl halides is 1. The molecule has 1 aromatic carbocycles. The van der Waals surface area contributed by atoms with Crippen LogP contribution in [0.3, 0.4) is 0 Å².